The largest absolute Gasteiger partial charge is 0.496 e. The minimum Gasteiger partial charge on any atom is -0.496 e. The van der Waals surface area contributed by atoms with Gasteiger partial charge in [-0.15, -0.1) is 0 Å². The lowest BCUT2D eigenvalue weighted by molar-refractivity contribution is 0.401. The first-order chi connectivity index (χ1) is 9.81. The lowest BCUT2D eigenvalue weighted by Crippen LogP contribution is -2.20. The highest BCUT2D eigenvalue weighted by Gasteiger charge is 2.09. The predicted octanol–water partition coefficient (Wildman–Crippen LogP) is 3.98. The normalized spacial score (nSPS) is 12.1. The van der Waals surface area contributed by atoms with Gasteiger partial charge in [-0.2, -0.15) is 0 Å². The van der Waals surface area contributed by atoms with E-state index in [1.165, 1.54) is 11.1 Å². The van der Waals surface area contributed by atoms with Crippen LogP contribution >= 0.6 is 0 Å². The van der Waals surface area contributed by atoms with E-state index in [1.54, 1.807) is 7.11 Å². The average Bonchev–Trinajstić information content (AvgIpc) is 2.52. The van der Waals surface area contributed by atoms with Gasteiger partial charge < -0.3 is 10.1 Å². The third-order valence-corrected chi connectivity index (χ3v) is 3.54. The Balaban J connectivity index is 1.79. The van der Waals surface area contributed by atoms with Crippen molar-refractivity contribution in [1.82, 2.24) is 5.32 Å². The highest BCUT2D eigenvalue weighted by molar-refractivity contribution is 5.35. The molecule has 2 aromatic carbocycles. The van der Waals surface area contributed by atoms with Crippen molar-refractivity contribution in [2.45, 2.75) is 25.8 Å². The molecule has 2 aromatic rings. The molecule has 0 fully saturated rings. The van der Waals surface area contributed by atoms with Gasteiger partial charge in [-0.1, -0.05) is 48.5 Å². The second kappa shape index (κ2) is 7.71. The van der Waals surface area contributed by atoms with Gasteiger partial charge in [-0.05, 0) is 37.9 Å². The van der Waals surface area contributed by atoms with Crippen LogP contribution in [0.5, 0.6) is 5.75 Å². The number of ether oxygens (including phenoxy) is 1. The van der Waals surface area contributed by atoms with Crippen LogP contribution in [0, 0.1) is 0 Å². The summed E-state index contributed by atoms with van der Waals surface area (Å²) in [6.07, 6.45) is 2.26. The molecule has 0 saturated heterocycles. The first-order valence-electron chi connectivity index (χ1n) is 7.21. The molecule has 0 amide bonds. The molecule has 0 aliphatic rings. The Morgan fingerprint density at radius 2 is 1.70 bits per heavy atom. The van der Waals surface area contributed by atoms with E-state index < -0.39 is 0 Å². The molecule has 0 heterocycles. The van der Waals surface area contributed by atoms with E-state index in [0.717, 1.165) is 25.1 Å². The lowest BCUT2D eigenvalue weighted by atomic mass is 10.1. The number of para-hydroxylation sites is 1. The predicted molar refractivity (Wildman–Crippen MR) is 84.2 cm³/mol. The molecule has 0 aliphatic carbocycles. The molecule has 2 heteroatoms. The van der Waals surface area contributed by atoms with Crippen molar-refractivity contribution < 1.29 is 4.74 Å². The van der Waals surface area contributed by atoms with Crippen molar-refractivity contribution in [3.8, 4) is 5.75 Å². The van der Waals surface area contributed by atoms with Crippen LogP contribution in [0.15, 0.2) is 54.6 Å². The van der Waals surface area contributed by atoms with E-state index in [-0.39, 0.29) is 0 Å². The maximum absolute atomic E-state index is 5.40. The first kappa shape index (κ1) is 14.6. The van der Waals surface area contributed by atoms with Crippen molar-refractivity contribution >= 4 is 0 Å². The molecule has 0 unspecified atom stereocenters. The highest BCUT2D eigenvalue weighted by atomic mass is 16.5. The maximum Gasteiger partial charge on any atom is 0.123 e. The minimum atomic E-state index is 0.307. The standard InChI is InChI=1S/C18H23NO/c1-15(17-12-6-7-13-18(17)20-2)19-14-8-11-16-9-4-3-5-10-16/h3-7,9-10,12-13,15,19H,8,11,14H2,1-2H3/t15-/m1/s1. The van der Waals surface area contributed by atoms with Crippen molar-refractivity contribution in [3.05, 3.63) is 65.7 Å². The van der Waals surface area contributed by atoms with Crippen LogP contribution in [0.2, 0.25) is 0 Å². The quantitative estimate of drug-likeness (QED) is 0.768. The van der Waals surface area contributed by atoms with Crippen LogP contribution in [0.25, 0.3) is 0 Å². The Bertz CT molecular complexity index is 510. The number of aryl methyl sites for hydroxylation is 1. The summed E-state index contributed by atoms with van der Waals surface area (Å²) in [7, 11) is 1.72. The van der Waals surface area contributed by atoms with Gasteiger partial charge in [0.15, 0.2) is 0 Å². The van der Waals surface area contributed by atoms with Crippen LogP contribution in [-0.2, 0) is 6.42 Å². The SMILES string of the molecule is COc1ccccc1[C@@H](C)NCCCc1ccccc1. The third-order valence-electron chi connectivity index (χ3n) is 3.54. The van der Waals surface area contributed by atoms with Crippen molar-refractivity contribution in [1.29, 1.82) is 0 Å². The monoisotopic (exact) mass is 269 g/mol. The van der Waals surface area contributed by atoms with E-state index in [4.69, 9.17) is 4.74 Å². The van der Waals surface area contributed by atoms with Gasteiger partial charge in [-0.25, -0.2) is 0 Å². The summed E-state index contributed by atoms with van der Waals surface area (Å²) in [6, 6.07) is 19.1. The van der Waals surface area contributed by atoms with Gasteiger partial charge in [0.1, 0.15) is 5.75 Å². The number of benzene rings is 2. The van der Waals surface area contributed by atoms with Crippen LogP contribution in [0.1, 0.15) is 30.5 Å². The summed E-state index contributed by atoms with van der Waals surface area (Å²) in [5, 5.41) is 3.56. The van der Waals surface area contributed by atoms with Crippen molar-refractivity contribution in [2.75, 3.05) is 13.7 Å². The van der Waals surface area contributed by atoms with Gasteiger partial charge in [0.2, 0.25) is 0 Å². The fourth-order valence-corrected chi connectivity index (χ4v) is 2.39. The molecule has 0 saturated carbocycles. The van der Waals surface area contributed by atoms with Gasteiger partial charge in [0, 0.05) is 11.6 Å². The maximum atomic E-state index is 5.40. The van der Waals surface area contributed by atoms with E-state index in [2.05, 4.69) is 54.7 Å². The molecule has 0 aliphatic heterocycles. The molecule has 1 atom stereocenters. The molecule has 0 bridgehead atoms. The Labute approximate surface area is 121 Å². The summed E-state index contributed by atoms with van der Waals surface area (Å²) in [5.74, 6) is 0.954. The summed E-state index contributed by atoms with van der Waals surface area (Å²) in [4.78, 5) is 0. The van der Waals surface area contributed by atoms with Gasteiger partial charge in [-0.3, -0.25) is 0 Å². The molecule has 2 rings (SSSR count). The van der Waals surface area contributed by atoms with Crippen LogP contribution in [0.3, 0.4) is 0 Å². The molecular weight excluding hydrogens is 246 g/mol. The first-order valence-corrected chi connectivity index (χ1v) is 7.21. The Morgan fingerprint density at radius 3 is 2.45 bits per heavy atom. The molecule has 0 spiro atoms. The number of rotatable bonds is 7. The number of nitrogens with one attached hydrogen (secondary N) is 1. The minimum absolute atomic E-state index is 0.307. The number of hydrogen-bond donors (Lipinski definition) is 1. The van der Waals surface area contributed by atoms with Crippen LogP contribution < -0.4 is 10.1 Å². The molecule has 1 N–H and O–H groups in total. The van der Waals surface area contributed by atoms with Gasteiger partial charge >= 0.3 is 0 Å². The van der Waals surface area contributed by atoms with Crippen molar-refractivity contribution in [3.63, 3.8) is 0 Å². The van der Waals surface area contributed by atoms with Gasteiger partial charge in [0.05, 0.1) is 7.11 Å². The van der Waals surface area contributed by atoms with E-state index in [1.807, 2.05) is 12.1 Å². The van der Waals surface area contributed by atoms with Crippen LogP contribution in [0.4, 0.5) is 0 Å². The summed E-state index contributed by atoms with van der Waals surface area (Å²) >= 11 is 0. The second-order valence-corrected chi connectivity index (χ2v) is 5.01. The second-order valence-electron chi connectivity index (χ2n) is 5.01. The lowest BCUT2D eigenvalue weighted by Gasteiger charge is -2.17. The fraction of sp³-hybridized carbons (Fsp3) is 0.333. The smallest absolute Gasteiger partial charge is 0.123 e. The summed E-state index contributed by atoms with van der Waals surface area (Å²) < 4.78 is 5.40. The zero-order valence-corrected chi connectivity index (χ0v) is 12.3. The van der Waals surface area contributed by atoms with E-state index in [0.29, 0.717) is 6.04 Å². The average molecular weight is 269 g/mol. The molecule has 106 valence electrons. The number of hydrogen-bond acceptors (Lipinski definition) is 2. The highest BCUT2D eigenvalue weighted by Crippen LogP contribution is 2.24. The Kier molecular flexibility index (Phi) is 5.63. The van der Waals surface area contributed by atoms with E-state index >= 15 is 0 Å². The molecular formula is C18H23NO. The number of methoxy groups -OCH3 is 1. The summed E-state index contributed by atoms with van der Waals surface area (Å²) in [6.45, 7) is 3.19. The van der Waals surface area contributed by atoms with Gasteiger partial charge in [0.25, 0.3) is 0 Å². The fourth-order valence-electron chi connectivity index (χ4n) is 2.39. The Hall–Kier alpha value is -1.80. The zero-order chi connectivity index (χ0) is 14.2. The molecule has 0 radical (unpaired) electrons. The Morgan fingerprint density at radius 1 is 1.00 bits per heavy atom. The topological polar surface area (TPSA) is 21.3 Å². The summed E-state index contributed by atoms with van der Waals surface area (Å²) in [5.41, 5.74) is 2.62. The molecule has 2 nitrogen and oxygen atoms in total. The molecule has 20 heavy (non-hydrogen) atoms. The third kappa shape index (κ3) is 4.10. The van der Waals surface area contributed by atoms with Crippen molar-refractivity contribution in [2.24, 2.45) is 0 Å². The van der Waals surface area contributed by atoms with E-state index in [9.17, 15) is 0 Å². The molecule has 0 aromatic heterocycles. The zero-order valence-electron chi connectivity index (χ0n) is 12.3. The van der Waals surface area contributed by atoms with Crippen LogP contribution in [-0.4, -0.2) is 13.7 Å².